The second-order valence-electron chi connectivity index (χ2n) is 7.68. The Bertz CT molecular complexity index is 608. The summed E-state index contributed by atoms with van der Waals surface area (Å²) >= 11 is 0. The van der Waals surface area contributed by atoms with Gasteiger partial charge in [-0.2, -0.15) is 0 Å². The van der Waals surface area contributed by atoms with E-state index in [0.717, 1.165) is 57.1 Å². The quantitative estimate of drug-likeness (QED) is 0.811. The van der Waals surface area contributed by atoms with Crippen molar-refractivity contribution in [1.82, 2.24) is 15.1 Å². The molecular weight excluding hydrogens is 330 g/mol. The Balaban J connectivity index is 1.50. The van der Waals surface area contributed by atoms with Crippen molar-refractivity contribution < 1.29 is 14.3 Å². The van der Waals surface area contributed by atoms with Crippen LogP contribution < -0.4 is 14.8 Å². The van der Waals surface area contributed by atoms with Crippen molar-refractivity contribution in [3.8, 4) is 11.5 Å². The van der Waals surface area contributed by atoms with Gasteiger partial charge in [0.1, 0.15) is 0 Å². The molecule has 1 saturated carbocycles. The van der Waals surface area contributed by atoms with E-state index < -0.39 is 0 Å². The molecule has 1 saturated heterocycles. The first-order valence-electron chi connectivity index (χ1n) is 9.62. The highest BCUT2D eigenvalue weighted by Gasteiger charge is 2.27. The van der Waals surface area contributed by atoms with Crippen molar-refractivity contribution in [3.05, 3.63) is 23.8 Å². The molecule has 1 aromatic carbocycles. The largest absolute Gasteiger partial charge is 0.493 e. The molecule has 0 spiro atoms. The summed E-state index contributed by atoms with van der Waals surface area (Å²) in [7, 11) is 1.68. The standard InChI is InChI=1S/C20H31N3O3/c1-15(2)14-26-18-7-4-16(12-19(18)25-3)13-22-8-10-23(11-9-22)20(24)21-17-5-6-17/h4,7,12,15,17H,5-6,8-11,13-14H2,1-3H3,(H,21,24). The van der Waals surface area contributed by atoms with Crippen molar-refractivity contribution in [1.29, 1.82) is 0 Å². The zero-order chi connectivity index (χ0) is 18.5. The summed E-state index contributed by atoms with van der Waals surface area (Å²) in [5, 5.41) is 3.07. The molecule has 1 N–H and O–H groups in total. The van der Waals surface area contributed by atoms with Gasteiger partial charge in [-0.15, -0.1) is 0 Å². The fraction of sp³-hybridized carbons (Fsp3) is 0.650. The number of hydrogen-bond donors (Lipinski definition) is 1. The van der Waals surface area contributed by atoms with Crippen LogP contribution in [0.3, 0.4) is 0 Å². The second-order valence-corrected chi connectivity index (χ2v) is 7.68. The molecule has 144 valence electrons. The lowest BCUT2D eigenvalue weighted by Gasteiger charge is -2.34. The molecule has 2 aliphatic rings. The SMILES string of the molecule is COc1cc(CN2CCN(C(=O)NC3CC3)CC2)ccc1OCC(C)C. The molecule has 1 heterocycles. The lowest BCUT2D eigenvalue weighted by atomic mass is 10.1. The maximum absolute atomic E-state index is 12.1. The fourth-order valence-corrected chi connectivity index (χ4v) is 3.05. The monoisotopic (exact) mass is 361 g/mol. The molecule has 1 aromatic rings. The molecule has 26 heavy (non-hydrogen) atoms. The first-order valence-corrected chi connectivity index (χ1v) is 9.62. The van der Waals surface area contributed by atoms with Gasteiger partial charge in [-0.3, -0.25) is 4.90 Å². The highest BCUT2D eigenvalue weighted by Crippen LogP contribution is 2.29. The minimum Gasteiger partial charge on any atom is -0.493 e. The Morgan fingerprint density at radius 3 is 2.54 bits per heavy atom. The zero-order valence-corrected chi connectivity index (χ0v) is 16.2. The minimum absolute atomic E-state index is 0.0977. The van der Waals surface area contributed by atoms with Crippen LogP contribution in [0.1, 0.15) is 32.3 Å². The number of nitrogens with zero attached hydrogens (tertiary/aromatic N) is 2. The summed E-state index contributed by atoms with van der Waals surface area (Å²) in [6.07, 6.45) is 2.26. The van der Waals surface area contributed by atoms with Gasteiger partial charge >= 0.3 is 6.03 Å². The average molecular weight is 361 g/mol. The number of piperazine rings is 1. The van der Waals surface area contributed by atoms with Crippen LogP contribution in [0.2, 0.25) is 0 Å². The van der Waals surface area contributed by atoms with Gasteiger partial charge in [0, 0.05) is 38.8 Å². The molecule has 2 amide bonds. The number of carbonyl (C=O) groups excluding carboxylic acids is 1. The highest BCUT2D eigenvalue weighted by atomic mass is 16.5. The summed E-state index contributed by atoms with van der Waals surface area (Å²) in [5.74, 6) is 2.06. The van der Waals surface area contributed by atoms with Crippen LogP contribution in [-0.2, 0) is 6.54 Å². The highest BCUT2D eigenvalue weighted by molar-refractivity contribution is 5.75. The van der Waals surface area contributed by atoms with Gasteiger partial charge < -0.3 is 19.7 Å². The van der Waals surface area contributed by atoms with E-state index in [1.807, 2.05) is 11.0 Å². The summed E-state index contributed by atoms with van der Waals surface area (Å²) < 4.78 is 11.3. The van der Waals surface area contributed by atoms with E-state index in [-0.39, 0.29) is 6.03 Å². The number of hydrogen-bond acceptors (Lipinski definition) is 4. The van der Waals surface area contributed by atoms with Gasteiger partial charge in [-0.1, -0.05) is 19.9 Å². The Morgan fingerprint density at radius 2 is 1.92 bits per heavy atom. The van der Waals surface area contributed by atoms with E-state index in [1.54, 1.807) is 7.11 Å². The lowest BCUT2D eigenvalue weighted by molar-refractivity contribution is 0.135. The maximum Gasteiger partial charge on any atom is 0.317 e. The van der Waals surface area contributed by atoms with Crippen molar-refractivity contribution in [2.75, 3.05) is 39.9 Å². The number of ether oxygens (including phenoxy) is 2. The molecule has 0 aromatic heterocycles. The molecule has 1 aliphatic heterocycles. The van der Waals surface area contributed by atoms with Crippen LogP contribution in [-0.4, -0.2) is 61.8 Å². The zero-order valence-electron chi connectivity index (χ0n) is 16.2. The summed E-state index contributed by atoms with van der Waals surface area (Å²) in [6.45, 7) is 9.16. The summed E-state index contributed by atoms with van der Waals surface area (Å²) in [4.78, 5) is 16.4. The predicted molar refractivity (Wildman–Crippen MR) is 102 cm³/mol. The normalized spacial score (nSPS) is 18.1. The van der Waals surface area contributed by atoms with E-state index in [9.17, 15) is 4.79 Å². The van der Waals surface area contributed by atoms with Gasteiger partial charge in [0.05, 0.1) is 13.7 Å². The van der Waals surface area contributed by atoms with E-state index in [4.69, 9.17) is 9.47 Å². The molecule has 6 heteroatoms. The van der Waals surface area contributed by atoms with E-state index in [2.05, 4.69) is 36.2 Å². The van der Waals surface area contributed by atoms with Crippen molar-refractivity contribution in [3.63, 3.8) is 0 Å². The minimum atomic E-state index is 0.0977. The first kappa shape index (κ1) is 18.8. The van der Waals surface area contributed by atoms with Crippen LogP contribution >= 0.6 is 0 Å². The third-order valence-corrected chi connectivity index (χ3v) is 4.77. The number of carbonyl (C=O) groups is 1. The van der Waals surface area contributed by atoms with E-state index >= 15 is 0 Å². The topological polar surface area (TPSA) is 54.0 Å². The van der Waals surface area contributed by atoms with Crippen LogP contribution in [0.15, 0.2) is 18.2 Å². The molecule has 3 rings (SSSR count). The van der Waals surface area contributed by atoms with Gasteiger partial charge in [-0.25, -0.2) is 4.79 Å². The summed E-state index contributed by atoms with van der Waals surface area (Å²) in [6, 6.07) is 6.67. The van der Waals surface area contributed by atoms with Crippen LogP contribution in [0.25, 0.3) is 0 Å². The van der Waals surface area contributed by atoms with Crippen LogP contribution in [0, 0.1) is 5.92 Å². The number of amides is 2. The third-order valence-electron chi connectivity index (χ3n) is 4.77. The third kappa shape index (κ3) is 5.27. The Kier molecular flexibility index (Phi) is 6.25. The van der Waals surface area contributed by atoms with Crippen molar-refractivity contribution in [2.45, 2.75) is 39.3 Å². The predicted octanol–water partition coefficient (Wildman–Crippen LogP) is 2.72. The number of rotatable bonds is 7. The lowest BCUT2D eigenvalue weighted by Crippen LogP contribution is -2.51. The van der Waals surface area contributed by atoms with Gasteiger partial charge in [0.2, 0.25) is 0 Å². The Labute approximate surface area is 156 Å². The van der Waals surface area contributed by atoms with E-state index in [1.165, 1.54) is 5.56 Å². The Hall–Kier alpha value is -1.95. The molecule has 2 fully saturated rings. The molecule has 0 unspecified atom stereocenters. The molecule has 0 bridgehead atoms. The van der Waals surface area contributed by atoms with Crippen molar-refractivity contribution in [2.24, 2.45) is 5.92 Å². The number of nitrogens with one attached hydrogen (secondary N) is 1. The van der Waals surface area contributed by atoms with E-state index in [0.29, 0.717) is 18.6 Å². The molecule has 1 aliphatic carbocycles. The molecular formula is C20H31N3O3. The molecule has 6 nitrogen and oxygen atoms in total. The van der Waals surface area contributed by atoms with Crippen LogP contribution in [0.4, 0.5) is 4.79 Å². The number of urea groups is 1. The van der Waals surface area contributed by atoms with Crippen molar-refractivity contribution >= 4 is 6.03 Å². The maximum atomic E-state index is 12.1. The van der Waals surface area contributed by atoms with Gasteiger partial charge in [0.15, 0.2) is 11.5 Å². The summed E-state index contributed by atoms with van der Waals surface area (Å²) in [5.41, 5.74) is 1.20. The second kappa shape index (κ2) is 8.62. The first-order chi connectivity index (χ1) is 12.5. The number of benzene rings is 1. The average Bonchev–Trinajstić information content (AvgIpc) is 3.45. The number of methoxy groups -OCH3 is 1. The van der Waals surface area contributed by atoms with Gasteiger partial charge in [-0.05, 0) is 36.5 Å². The van der Waals surface area contributed by atoms with Gasteiger partial charge in [0.25, 0.3) is 0 Å². The molecule has 0 radical (unpaired) electrons. The molecule has 0 atom stereocenters. The van der Waals surface area contributed by atoms with Crippen LogP contribution in [0.5, 0.6) is 11.5 Å². The Morgan fingerprint density at radius 1 is 1.19 bits per heavy atom. The smallest absolute Gasteiger partial charge is 0.317 e. The fourth-order valence-electron chi connectivity index (χ4n) is 3.05.